The third-order valence-electron chi connectivity index (χ3n) is 3.73. The molecule has 1 aromatic carbocycles. The van der Waals surface area contributed by atoms with Crippen LogP contribution in [0.15, 0.2) is 59.3 Å². The number of furan rings is 1. The van der Waals surface area contributed by atoms with Gasteiger partial charge in [0.15, 0.2) is 5.76 Å². The molecule has 0 aliphatic carbocycles. The van der Waals surface area contributed by atoms with E-state index in [9.17, 15) is 9.59 Å². The standard InChI is InChI=1S/C18H13N3O3/c22-17-14(9-11-3-1-7-19-11)13-10-12(5-6-15(13)21-17)20-18(23)16-4-2-8-24-16/h1-10,19H,(H,20,23)(H,21,22)/b14-9-. The molecule has 3 heterocycles. The second kappa shape index (κ2) is 5.58. The van der Waals surface area contributed by atoms with Gasteiger partial charge in [-0.1, -0.05) is 0 Å². The molecule has 6 heteroatoms. The Labute approximate surface area is 137 Å². The summed E-state index contributed by atoms with van der Waals surface area (Å²) < 4.78 is 5.07. The van der Waals surface area contributed by atoms with Crippen LogP contribution in [0.2, 0.25) is 0 Å². The normalized spacial score (nSPS) is 14.5. The Bertz CT molecular complexity index is 938. The first-order valence-corrected chi connectivity index (χ1v) is 7.36. The van der Waals surface area contributed by atoms with Crippen molar-refractivity contribution in [2.75, 3.05) is 10.6 Å². The van der Waals surface area contributed by atoms with Crippen LogP contribution in [-0.4, -0.2) is 16.8 Å². The zero-order chi connectivity index (χ0) is 16.5. The number of amides is 2. The van der Waals surface area contributed by atoms with E-state index in [0.717, 1.165) is 11.3 Å². The van der Waals surface area contributed by atoms with E-state index in [4.69, 9.17) is 4.42 Å². The molecule has 6 nitrogen and oxygen atoms in total. The van der Waals surface area contributed by atoms with Gasteiger partial charge in [0.1, 0.15) is 0 Å². The van der Waals surface area contributed by atoms with E-state index in [2.05, 4.69) is 15.6 Å². The van der Waals surface area contributed by atoms with Crippen LogP contribution in [0.4, 0.5) is 11.4 Å². The van der Waals surface area contributed by atoms with Crippen molar-refractivity contribution in [1.82, 2.24) is 4.98 Å². The molecule has 0 fully saturated rings. The molecule has 4 rings (SSSR count). The number of hydrogen-bond donors (Lipinski definition) is 3. The smallest absolute Gasteiger partial charge is 0.291 e. The van der Waals surface area contributed by atoms with E-state index >= 15 is 0 Å². The molecular formula is C18H13N3O3. The van der Waals surface area contributed by atoms with E-state index in [0.29, 0.717) is 16.9 Å². The van der Waals surface area contributed by atoms with Crippen LogP contribution >= 0.6 is 0 Å². The molecule has 3 aromatic rings. The Kier molecular flexibility index (Phi) is 3.28. The summed E-state index contributed by atoms with van der Waals surface area (Å²) in [5.74, 6) is -0.284. The molecule has 0 radical (unpaired) electrons. The van der Waals surface area contributed by atoms with Gasteiger partial charge in [-0.2, -0.15) is 0 Å². The number of benzene rings is 1. The highest BCUT2D eigenvalue weighted by molar-refractivity contribution is 6.35. The first-order valence-electron chi connectivity index (χ1n) is 7.36. The molecule has 0 spiro atoms. The average molecular weight is 319 g/mol. The monoisotopic (exact) mass is 319 g/mol. The summed E-state index contributed by atoms with van der Waals surface area (Å²) in [6.07, 6.45) is 5.01. The van der Waals surface area contributed by atoms with Crippen molar-refractivity contribution in [2.45, 2.75) is 0 Å². The van der Waals surface area contributed by atoms with Crippen LogP contribution in [0.1, 0.15) is 21.8 Å². The van der Waals surface area contributed by atoms with Crippen molar-refractivity contribution < 1.29 is 14.0 Å². The summed E-state index contributed by atoms with van der Waals surface area (Å²) in [7, 11) is 0. The van der Waals surface area contributed by atoms with E-state index in [-0.39, 0.29) is 17.6 Å². The van der Waals surface area contributed by atoms with E-state index in [1.54, 1.807) is 42.6 Å². The summed E-state index contributed by atoms with van der Waals surface area (Å²) in [6.45, 7) is 0. The quantitative estimate of drug-likeness (QED) is 0.647. The Hall–Kier alpha value is -3.54. The Morgan fingerprint density at radius 2 is 2.08 bits per heavy atom. The van der Waals surface area contributed by atoms with Gasteiger partial charge in [-0.05, 0) is 48.5 Å². The first-order chi connectivity index (χ1) is 11.7. The van der Waals surface area contributed by atoms with Crippen molar-refractivity contribution in [3.63, 3.8) is 0 Å². The average Bonchev–Trinajstić information content (AvgIpc) is 3.31. The van der Waals surface area contributed by atoms with Crippen molar-refractivity contribution >= 4 is 34.8 Å². The number of aromatic nitrogens is 1. The Balaban J connectivity index is 1.66. The van der Waals surface area contributed by atoms with Crippen LogP contribution in [0.25, 0.3) is 11.6 Å². The van der Waals surface area contributed by atoms with Crippen LogP contribution < -0.4 is 10.6 Å². The molecule has 0 saturated heterocycles. The lowest BCUT2D eigenvalue weighted by Gasteiger charge is -2.06. The zero-order valence-electron chi connectivity index (χ0n) is 12.5. The molecule has 0 unspecified atom stereocenters. The predicted octanol–water partition coefficient (Wildman–Crippen LogP) is 3.35. The fourth-order valence-corrected chi connectivity index (χ4v) is 2.60. The van der Waals surface area contributed by atoms with Crippen molar-refractivity contribution in [1.29, 1.82) is 0 Å². The third-order valence-corrected chi connectivity index (χ3v) is 3.73. The lowest BCUT2D eigenvalue weighted by atomic mass is 10.1. The molecule has 1 aliphatic heterocycles. The van der Waals surface area contributed by atoms with Crippen LogP contribution in [0.3, 0.4) is 0 Å². The predicted molar refractivity (Wildman–Crippen MR) is 90.4 cm³/mol. The number of rotatable bonds is 3. The second-order valence-corrected chi connectivity index (χ2v) is 5.33. The number of carbonyl (C=O) groups excluding carboxylic acids is 2. The zero-order valence-corrected chi connectivity index (χ0v) is 12.5. The minimum Gasteiger partial charge on any atom is -0.459 e. The van der Waals surface area contributed by atoms with Crippen LogP contribution in [0.5, 0.6) is 0 Å². The number of anilines is 2. The van der Waals surface area contributed by atoms with Crippen LogP contribution in [0, 0.1) is 0 Å². The highest BCUT2D eigenvalue weighted by Crippen LogP contribution is 2.35. The topological polar surface area (TPSA) is 87.1 Å². The second-order valence-electron chi connectivity index (χ2n) is 5.33. The van der Waals surface area contributed by atoms with Gasteiger partial charge in [0.05, 0.1) is 11.8 Å². The van der Waals surface area contributed by atoms with Gasteiger partial charge in [0.25, 0.3) is 11.8 Å². The van der Waals surface area contributed by atoms with Crippen molar-refractivity contribution in [3.8, 4) is 0 Å². The molecular weight excluding hydrogens is 306 g/mol. The minimum atomic E-state index is -0.341. The lowest BCUT2D eigenvalue weighted by Crippen LogP contribution is -2.10. The fraction of sp³-hybridized carbons (Fsp3) is 0. The number of aromatic amines is 1. The number of carbonyl (C=O) groups is 2. The summed E-state index contributed by atoms with van der Waals surface area (Å²) in [4.78, 5) is 27.3. The number of H-pyrrole nitrogens is 1. The van der Waals surface area contributed by atoms with Crippen molar-refractivity contribution in [2.24, 2.45) is 0 Å². The van der Waals surface area contributed by atoms with E-state index in [1.165, 1.54) is 6.26 Å². The minimum absolute atomic E-state index is 0.172. The summed E-state index contributed by atoms with van der Waals surface area (Å²) in [5, 5.41) is 5.58. The van der Waals surface area contributed by atoms with Gasteiger partial charge in [0.2, 0.25) is 0 Å². The number of fused-ring (bicyclic) bond motifs is 1. The molecule has 0 bridgehead atoms. The summed E-state index contributed by atoms with van der Waals surface area (Å²) in [5.41, 5.74) is 3.42. The maximum Gasteiger partial charge on any atom is 0.291 e. The van der Waals surface area contributed by atoms with Gasteiger partial charge in [-0.15, -0.1) is 0 Å². The molecule has 24 heavy (non-hydrogen) atoms. The fourth-order valence-electron chi connectivity index (χ4n) is 2.60. The SMILES string of the molecule is O=C1Nc2ccc(NC(=O)c3ccco3)cc2/C1=C/c1ccc[nH]1. The lowest BCUT2D eigenvalue weighted by molar-refractivity contribution is -0.110. The largest absolute Gasteiger partial charge is 0.459 e. The third kappa shape index (κ3) is 2.50. The molecule has 0 saturated carbocycles. The molecule has 2 amide bonds. The first kappa shape index (κ1) is 14.1. The molecule has 0 atom stereocenters. The molecule has 3 N–H and O–H groups in total. The van der Waals surface area contributed by atoms with Crippen molar-refractivity contribution in [3.05, 3.63) is 71.9 Å². The number of hydrogen-bond acceptors (Lipinski definition) is 3. The van der Waals surface area contributed by atoms with Gasteiger partial charge in [0, 0.05) is 28.8 Å². The molecule has 1 aliphatic rings. The molecule has 2 aromatic heterocycles. The highest BCUT2D eigenvalue weighted by Gasteiger charge is 2.24. The Morgan fingerprint density at radius 1 is 1.17 bits per heavy atom. The van der Waals surface area contributed by atoms with Gasteiger partial charge in [-0.3, -0.25) is 9.59 Å². The van der Waals surface area contributed by atoms with Gasteiger partial charge >= 0.3 is 0 Å². The molecule has 118 valence electrons. The van der Waals surface area contributed by atoms with E-state index < -0.39 is 0 Å². The van der Waals surface area contributed by atoms with Gasteiger partial charge in [-0.25, -0.2) is 0 Å². The summed E-state index contributed by atoms with van der Waals surface area (Å²) >= 11 is 0. The maximum absolute atomic E-state index is 12.2. The van der Waals surface area contributed by atoms with E-state index in [1.807, 2.05) is 12.1 Å². The number of nitrogens with one attached hydrogen (secondary N) is 3. The Morgan fingerprint density at radius 3 is 2.83 bits per heavy atom. The van der Waals surface area contributed by atoms with Gasteiger partial charge < -0.3 is 20.0 Å². The summed E-state index contributed by atoms with van der Waals surface area (Å²) in [6, 6.07) is 12.2. The van der Waals surface area contributed by atoms with Crippen LogP contribution in [-0.2, 0) is 4.79 Å². The highest BCUT2D eigenvalue weighted by atomic mass is 16.3. The maximum atomic E-state index is 12.2.